The highest BCUT2D eigenvalue weighted by Crippen LogP contribution is 2.35. The van der Waals surface area contributed by atoms with E-state index in [1.807, 2.05) is 54.6 Å². The molecule has 0 radical (unpaired) electrons. The molecule has 0 spiro atoms. The Kier molecular flexibility index (Phi) is 5.83. The smallest absolute Gasteiger partial charge is 0.282 e. The third-order valence-corrected chi connectivity index (χ3v) is 7.45. The zero-order valence-corrected chi connectivity index (χ0v) is 21.4. The van der Waals surface area contributed by atoms with E-state index in [1.54, 1.807) is 18.2 Å². The molecule has 36 heavy (non-hydrogen) atoms. The molecule has 3 aromatic carbocycles. The predicted molar refractivity (Wildman–Crippen MR) is 146 cm³/mol. The maximum Gasteiger partial charge on any atom is 0.282 e. The fourth-order valence-corrected chi connectivity index (χ4v) is 5.14. The number of aryl methyl sites for hydroxylation is 1. The van der Waals surface area contributed by atoms with Crippen LogP contribution in [-0.2, 0) is 0 Å². The molecule has 0 unspecified atom stereocenters. The number of halogens is 1. The number of furan rings is 2. The number of rotatable bonds is 5. The molecule has 0 aliphatic heterocycles. The maximum absolute atomic E-state index is 13.4. The minimum Gasteiger partial charge on any atom is -0.453 e. The summed E-state index contributed by atoms with van der Waals surface area (Å²) in [4.78, 5) is 19.2. The monoisotopic (exact) mass is 555 g/mol. The molecule has 0 saturated carbocycles. The summed E-state index contributed by atoms with van der Waals surface area (Å²) in [6.45, 7) is 2.05. The average Bonchev–Trinajstić information content (AvgIpc) is 3.48. The maximum atomic E-state index is 13.4. The second-order valence-electron chi connectivity index (χ2n) is 8.16. The summed E-state index contributed by atoms with van der Waals surface area (Å²) in [6.07, 6.45) is 1.51. The number of benzene rings is 3. The molecule has 0 bridgehead atoms. The second kappa shape index (κ2) is 9.29. The van der Waals surface area contributed by atoms with Crippen LogP contribution in [0.25, 0.3) is 33.5 Å². The zero-order valence-electron chi connectivity index (χ0n) is 19.0. The molecule has 0 aliphatic rings. The van der Waals surface area contributed by atoms with Crippen molar-refractivity contribution in [1.29, 1.82) is 0 Å². The first-order valence-corrected chi connectivity index (χ1v) is 12.7. The van der Waals surface area contributed by atoms with Crippen molar-refractivity contribution in [2.75, 3.05) is 0 Å². The van der Waals surface area contributed by atoms with Crippen molar-refractivity contribution >= 4 is 55.8 Å². The van der Waals surface area contributed by atoms with Crippen LogP contribution in [0.2, 0.25) is 0 Å². The highest BCUT2D eigenvalue weighted by Gasteiger charge is 2.17. The van der Waals surface area contributed by atoms with Gasteiger partial charge in [0.05, 0.1) is 21.6 Å². The lowest BCUT2D eigenvalue weighted by molar-refractivity contribution is 0.465. The Balaban J connectivity index is 1.42. The van der Waals surface area contributed by atoms with Gasteiger partial charge in [0.1, 0.15) is 11.3 Å². The molecule has 0 saturated heterocycles. The Hall–Kier alpha value is -3.88. The molecule has 0 aliphatic carbocycles. The fourth-order valence-electron chi connectivity index (χ4n) is 3.81. The van der Waals surface area contributed by atoms with E-state index >= 15 is 0 Å². The van der Waals surface area contributed by atoms with Gasteiger partial charge in [0, 0.05) is 16.3 Å². The van der Waals surface area contributed by atoms with Crippen molar-refractivity contribution < 1.29 is 8.83 Å². The summed E-state index contributed by atoms with van der Waals surface area (Å²) in [5.41, 5.74) is 2.17. The Morgan fingerprint density at radius 2 is 1.75 bits per heavy atom. The van der Waals surface area contributed by atoms with Crippen molar-refractivity contribution in [2.24, 2.45) is 5.10 Å². The average molecular weight is 556 g/mol. The summed E-state index contributed by atoms with van der Waals surface area (Å²) in [5.74, 6) is 1.26. The van der Waals surface area contributed by atoms with E-state index in [4.69, 9.17) is 13.8 Å². The number of aromatic nitrogens is 2. The lowest BCUT2D eigenvalue weighted by atomic mass is 10.2. The summed E-state index contributed by atoms with van der Waals surface area (Å²) in [6, 6.07) is 26.7. The molecular weight excluding hydrogens is 538 g/mol. The van der Waals surface area contributed by atoms with Crippen LogP contribution >= 0.6 is 27.7 Å². The molecule has 0 atom stereocenters. The quantitative estimate of drug-likeness (QED) is 0.206. The normalized spacial score (nSPS) is 11.7. The molecule has 6 nitrogen and oxygen atoms in total. The van der Waals surface area contributed by atoms with Crippen molar-refractivity contribution in [2.45, 2.75) is 16.9 Å². The van der Waals surface area contributed by atoms with E-state index < -0.39 is 0 Å². The molecule has 176 valence electrons. The molecular formula is C28H18BrN3O3S. The van der Waals surface area contributed by atoms with Gasteiger partial charge in [-0.1, -0.05) is 59.8 Å². The largest absolute Gasteiger partial charge is 0.453 e. The number of hydrogen-bond donors (Lipinski definition) is 0. The van der Waals surface area contributed by atoms with Crippen LogP contribution in [0.4, 0.5) is 0 Å². The van der Waals surface area contributed by atoms with Gasteiger partial charge in [0.2, 0.25) is 5.82 Å². The lowest BCUT2D eigenvalue weighted by Gasteiger charge is -2.06. The Bertz CT molecular complexity index is 1780. The van der Waals surface area contributed by atoms with Crippen LogP contribution in [0.15, 0.2) is 118 Å². The molecule has 0 fully saturated rings. The third-order valence-electron chi connectivity index (χ3n) is 5.61. The molecule has 3 aromatic heterocycles. The van der Waals surface area contributed by atoms with Gasteiger partial charge in [0.15, 0.2) is 10.9 Å². The predicted octanol–water partition coefficient (Wildman–Crippen LogP) is 7.51. The van der Waals surface area contributed by atoms with Crippen LogP contribution in [0.3, 0.4) is 0 Å². The first kappa shape index (κ1) is 22.6. The first-order chi connectivity index (χ1) is 17.5. The summed E-state index contributed by atoms with van der Waals surface area (Å²) in [5, 5.41) is 6.55. The van der Waals surface area contributed by atoms with Gasteiger partial charge < -0.3 is 8.83 Å². The van der Waals surface area contributed by atoms with Gasteiger partial charge in [-0.2, -0.15) is 9.78 Å². The van der Waals surface area contributed by atoms with Crippen molar-refractivity contribution in [3.8, 4) is 11.6 Å². The van der Waals surface area contributed by atoms with Crippen LogP contribution in [0, 0.1) is 6.92 Å². The van der Waals surface area contributed by atoms with E-state index in [1.165, 1.54) is 28.2 Å². The Morgan fingerprint density at radius 3 is 2.58 bits per heavy atom. The minimum absolute atomic E-state index is 0.299. The minimum atomic E-state index is -0.299. The second-order valence-corrected chi connectivity index (χ2v) is 10.1. The van der Waals surface area contributed by atoms with Gasteiger partial charge in [-0.3, -0.25) is 4.79 Å². The van der Waals surface area contributed by atoms with Crippen LogP contribution in [0.1, 0.15) is 11.3 Å². The third kappa shape index (κ3) is 4.29. The number of nitrogens with zero attached hydrogens (tertiary/aromatic N) is 3. The zero-order chi connectivity index (χ0) is 24.6. The molecule has 3 heterocycles. The number of hydrogen-bond acceptors (Lipinski definition) is 6. The molecule has 6 rings (SSSR count). The van der Waals surface area contributed by atoms with Crippen LogP contribution < -0.4 is 5.56 Å². The van der Waals surface area contributed by atoms with Gasteiger partial charge in [-0.25, -0.2) is 4.98 Å². The van der Waals surface area contributed by atoms with Gasteiger partial charge in [0.25, 0.3) is 5.56 Å². The lowest BCUT2D eigenvalue weighted by Crippen LogP contribution is -2.20. The molecule has 8 heteroatoms. The molecule has 6 aromatic rings. The van der Waals surface area contributed by atoms with E-state index in [0.29, 0.717) is 38.9 Å². The van der Waals surface area contributed by atoms with Gasteiger partial charge >= 0.3 is 0 Å². The highest BCUT2D eigenvalue weighted by atomic mass is 79.9. The number of fused-ring (bicyclic) bond motifs is 2. The first-order valence-electron chi connectivity index (χ1n) is 11.1. The van der Waals surface area contributed by atoms with Crippen LogP contribution in [0.5, 0.6) is 0 Å². The Morgan fingerprint density at radius 1 is 0.972 bits per heavy atom. The van der Waals surface area contributed by atoms with Crippen molar-refractivity contribution in [3.63, 3.8) is 0 Å². The summed E-state index contributed by atoms with van der Waals surface area (Å²) < 4.78 is 14.1. The standard InChI is InChI=1S/C28H18BrN3O3S/c1-17-10-12-20(13-11-17)36-28-22(29)15-19(34-28)16-30-32-26(25-14-18-6-2-5-9-24(18)35-25)31-23-8-4-3-7-21(23)27(32)33/h2-16H,1H3. The van der Waals surface area contributed by atoms with Gasteiger partial charge in [-0.15, -0.1) is 0 Å². The molecule has 0 N–H and O–H groups in total. The SMILES string of the molecule is Cc1ccc(Sc2oc(C=Nn3c(-c4cc5ccccc5o4)nc4ccccc4c3=O)cc2Br)cc1. The van der Waals surface area contributed by atoms with E-state index in [2.05, 4.69) is 40.1 Å². The topological polar surface area (TPSA) is 73.5 Å². The number of para-hydroxylation sites is 2. The van der Waals surface area contributed by atoms with Crippen molar-refractivity contribution in [1.82, 2.24) is 9.66 Å². The van der Waals surface area contributed by atoms with Crippen molar-refractivity contribution in [3.05, 3.63) is 111 Å². The highest BCUT2D eigenvalue weighted by molar-refractivity contribution is 9.10. The summed E-state index contributed by atoms with van der Waals surface area (Å²) in [7, 11) is 0. The molecule has 0 amide bonds. The fraction of sp³-hybridized carbons (Fsp3) is 0.0357. The van der Waals surface area contributed by atoms with Crippen LogP contribution in [-0.4, -0.2) is 15.9 Å². The summed E-state index contributed by atoms with van der Waals surface area (Å²) >= 11 is 5.06. The van der Waals surface area contributed by atoms with E-state index in [0.717, 1.165) is 14.8 Å². The Labute approximate surface area is 218 Å². The van der Waals surface area contributed by atoms with Gasteiger partial charge in [-0.05, 0) is 59.3 Å². The van der Waals surface area contributed by atoms with E-state index in [9.17, 15) is 4.79 Å². The van der Waals surface area contributed by atoms with E-state index in [-0.39, 0.29) is 5.56 Å².